The molecular weight excluding hydrogens is 492 g/mol. The van der Waals surface area contributed by atoms with Crippen LogP contribution in [0, 0.1) is 10.1 Å². The van der Waals surface area contributed by atoms with Gasteiger partial charge < -0.3 is 4.74 Å². The van der Waals surface area contributed by atoms with Crippen LogP contribution < -0.4 is 9.64 Å². The molecule has 4 aromatic carbocycles. The second-order valence-electron chi connectivity index (χ2n) is 8.43. The van der Waals surface area contributed by atoms with Crippen molar-refractivity contribution in [3.8, 4) is 5.75 Å². The van der Waals surface area contributed by atoms with Gasteiger partial charge in [-0.05, 0) is 59.2 Å². The maximum absolute atomic E-state index is 14.0. The molecule has 1 fully saturated rings. The first-order valence-electron chi connectivity index (χ1n) is 11.6. The first kappa shape index (κ1) is 24.2. The van der Waals surface area contributed by atoms with Gasteiger partial charge in [-0.3, -0.25) is 19.8 Å². The van der Waals surface area contributed by atoms with Gasteiger partial charge >= 0.3 is 0 Å². The number of ether oxygens (including phenoxy) is 1. The Morgan fingerprint density at radius 3 is 2.41 bits per heavy atom. The molecule has 0 saturated carbocycles. The SMILES string of the molecule is CCOc1ccc(N2C(=O)/C(=C\c3cccc4ccccc34)S(=O)(=O)[C@@H]2c2cccc([N+](=O)[O-])c2)cc1. The number of nitrogens with zero attached hydrogens (tertiary/aromatic N) is 2. The Morgan fingerprint density at radius 2 is 1.68 bits per heavy atom. The van der Waals surface area contributed by atoms with E-state index in [0.717, 1.165) is 10.8 Å². The zero-order chi connectivity index (χ0) is 26.2. The van der Waals surface area contributed by atoms with E-state index in [1.54, 1.807) is 36.4 Å². The van der Waals surface area contributed by atoms with E-state index >= 15 is 0 Å². The second-order valence-corrected chi connectivity index (χ2v) is 10.4. The Labute approximate surface area is 213 Å². The fraction of sp³-hybridized carbons (Fsp3) is 0.107. The normalized spacial score (nSPS) is 17.9. The average molecular weight is 515 g/mol. The lowest BCUT2D eigenvalue weighted by molar-refractivity contribution is -0.384. The number of hydrogen-bond acceptors (Lipinski definition) is 6. The van der Waals surface area contributed by atoms with Crippen molar-refractivity contribution in [2.24, 2.45) is 0 Å². The summed E-state index contributed by atoms with van der Waals surface area (Å²) in [5.41, 5.74) is 0.766. The lowest BCUT2D eigenvalue weighted by atomic mass is 10.0. The highest BCUT2D eigenvalue weighted by Gasteiger charge is 2.50. The van der Waals surface area contributed by atoms with Crippen LogP contribution in [0.5, 0.6) is 5.75 Å². The highest BCUT2D eigenvalue weighted by Crippen LogP contribution is 2.44. The maximum Gasteiger partial charge on any atom is 0.271 e. The van der Waals surface area contributed by atoms with Crippen molar-refractivity contribution in [1.29, 1.82) is 0 Å². The molecule has 0 unspecified atom stereocenters. The third-order valence-electron chi connectivity index (χ3n) is 6.17. The predicted molar refractivity (Wildman–Crippen MR) is 142 cm³/mol. The molecule has 8 nitrogen and oxygen atoms in total. The van der Waals surface area contributed by atoms with E-state index in [2.05, 4.69) is 0 Å². The van der Waals surface area contributed by atoms with Crippen molar-refractivity contribution in [3.63, 3.8) is 0 Å². The van der Waals surface area contributed by atoms with Gasteiger partial charge in [0, 0.05) is 17.8 Å². The molecule has 37 heavy (non-hydrogen) atoms. The Hall–Kier alpha value is -4.50. The summed E-state index contributed by atoms with van der Waals surface area (Å²) < 4.78 is 33.4. The monoisotopic (exact) mass is 514 g/mol. The standard InChI is InChI=1S/C28H22N2O6S/c1-2-36-24-15-13-22(14-16-24)29-27(31)26(18-20-9-5-8-19-7-3-4-12-25(19)20)37(34,35)28(29)21-10-6-11-23(17-21)30(32)33/h3-18,28H,2H2,1H3/b26-18+/t28-/m1/s1. The quantitative estimate of drug-likeness (QED) is 0.187. The molecule has 9 heteroatoms. The number of non-ortho nitro benzene ring substituents is 1. The van der Waals surface area contributed by atoms with Crippen molar-refractivity contribution in [2.75, 3.05) is 11.5 Å². The number of anilines is 1. The minimum absolute atomic E-state index is 0.123. The van der Waals surface area contributed by atoms with E-state index in [1.807, 2.05) is 37.3 Å². The Morgan fingerprint density at radius 1 is 0.973 bits per heavy atom. The van der Waals surface area contributed by atoms with Gasteiger partial charge in [0.2, 0.25) is 9.84 Å². The van der Waals surface area contributed by atoms with Crippen LogP contribution in [0.1, 0.15) is 23.4 Å². The molecule has 1 aliphatic rings. The number of carbonyl (C=O) groups is 1. The van der Waals surface area contributed by atoms with Gasteiger partial charge in [0.15, 0.2) is 5.37 Å². The summed E-state index contributed by atoms with van der Waals surface area (Å²) in [6.07, 6.45) is 1.39. The van der Waals surface area contributed by atoms with Crippen molar-refractivity contribution in [1.82, 2.24) is 0 Å². The highest BCUT2D eigenvalue weighted by atomic mass is 32.2. The molecule has 1 aliphatic heterocycles. The summed E-state index contributed by atoms with van der Waals surface area (Å²) in [4.78, 5) is 25.4. The van der Waals surface area contributed by atoms with Gasteiger partial charge in [0.05, 0.1) is 11.5 Å². The second kappa shape index (κ2) is 9.51. The fourth-order valence-corrected chi connectivity index (χ4v) is 6.38. The van der Waals surface area contributed by atoms with Crippen molar-refractivity contribution in [2.45, 2.75) is 12.3 Å². The summed E-state index contributed by atoms with van der Waals surface area (Å²) in [5, 5.41) is 11.7. The van der Waals surface area contributed by atoms with Gasteiger partial charge in [-0.2, -0.15) is 0 Å². The molecule has 1 amide bonds. The van der Waals surface area contributed by atoms with Crippen LogP contribution in [-0.4, -0.2) is 25.9 Å². The highest BCUT2D eigenvalue weighted by molar-refractivity contribution is 7.97. The molecule has 5 rings (SSSR count). The van der Waals surface area contributed by atoms with Crippen molar-refractivity contribution >= 4 is 44.0 Å². The van der Waals surface area contributed by atoms with Gasteiger partial charge in [-0.25, -0.2) is 8.42 Å². The van der Waals surface area contributed by atoms with Crippen LogP contribution in [0.3, 0.4) is 0 Å². The minimum atomic E-state index is -4.27. The number of nitro benzene ring substituents is 1. The topological polar surface area (TPSA) is 107 Å². The zero-order valence-corrected chi connectivity index (χ0v) is 20.6. The van der Waals surface area contributed by atoms with E-state index in [4.69, 9.17) is 4.74 Å². The Bertz CT molecular complexity index is 1660. The van der Waals surface area contributed by atoms with Crippen LogP contribution in [0.2, 0.25) is 0 Å². The summed E-state index contributed by atoms with van der Waals surface area (Å²) in [5.74, 6) is -0.146. The molecule has 0 spiro atoms. The summed E-state index contributed by atoms with van der Waals surface area (Å²) >= 11 is 0. The van der Waals surface area contributed by atoms with E-state index in [0.29, 0.717) is 23.6 Å². The molecule has 0 aliphatic carbocycles. The van der Waals surface area contributed by atoms with Crippen LogP contribution in [-0.2, 0) is 14.6 Å². The van der Waals surface area contributed by atoms with E-state index in [1.165, 1.54) is 35.2 Å². The molecule has 0 bridgehead atoms. The van der Waals surface area contributed by atoms with Crippen LogP contribution in [0.25, 0.3) is 16.8 Å². The Balaban J connectivity index is 1.71. The lowest BCUT2D eigenvalue weighted by Gasteiger charge is -2.23. The van der Waals surface area contributed by atoms with Gasteiger partial charge in [0.1, 0.15) is 10.7 Å². The van der Waals surface area contributed by atoms with Crippen molar-refractivity contribution in [3.05, 3.63) is 117 Å². The zero-order valence-electron chi connectivity index (χ0n) is 19.8. The lowest BCUT2D eigenvalue weighted by Crippen LogP contribution is -2.29. The molecule has 1 atom stereocenters. The first-order valence-corrected chi connectivity index (χ1v) is 13.1. The molecule has 4 aromatic rings. The number of amides is 1. The van der Waals surface area contributed by atoms with Crippen LogP contribution in [0.15, 0.2) is 95.9 Å². The summed E-state index contributed by atoms with van der Waals surface area (Å²) in [6, 6.07) is 24.8. The van der Waals surface area contributed by atoms with Crippen LogP contribution >= 0.6 is 0 Å². The van der Waals surface area contributed by atoms with Crippen molar-refractivity contribution < 1.29 is 22.9 Å². The summed E-state index contributed by atoms with van der Waals surface area (Å²) in [6.45, 7) is 2.29. The van der Waals surface area contributed by atoms with Gasteiger partial charge in [0.25, 0.3) is 11.6 Å². The molecule has 0 radical (unpaired) electrons. The molecule has 1 heterocycles. The number of benzene rings is 4. The largest absolute Gasteiger partial charge is 0.494 e. The van der Waals surface area contributed by atoms with E-state index < -0.39 is 26.0 Å². The van der Waals surface area contributed by atoms with Gasteiger partial charge in [-0.1, -0.05) is 54.6 Å². The minimum Gasteiger partial charge on any atom is -0.494 e. The molecular formula is C28H22N2O6S. The number of nitro groups is 1. The third kappa shape index (κ3) is 4.34. The predicted octanol–water partition coefficient (Wildman–Crippen LogP) is 5.65. The first-order chi connectivity index (χ1) is 17.8. The summed E-state index contributed by atoms with van der Waals surface area (Å²) in [7, 11) is -4.27. The molecule has 0 aromatic heterocycles. The Kier molecular flexibility index (Phi) is 6.22. The number of fused-ring (bicyclic) bond motifs is 1. The molecule has 1 saturated heterocycles. The number of sulfone groups is 1. The molecule has 186 valence electrons. The number of hydrogen-bond donors (Lipinski definition) is 0. The smallest absolute Gasteiger partial charge is 0.271 e. The maximum atomic E-state index is 14.0. The van der Waals surface area contributed by atoms with E-state index in [9.17, 15) is 23.3 Å². The fourth-order valence-electron chi connectivity index (χ4n) is 4.51. The third-order valence-corrected chi connectivity index (χ3v) is 8.14. The number of rotatable bonds is 6. The average Bonchev–Trinajstić information content (AvgIpc) is 3.10. The van der Waals surface area contributed by atoms with Crippen LogP contribution in [0.4, 0.5) is 11.4 Å². The van der Waals surface area contributed by atoms with E-state index in [-0.39, 0.29) is 16.2 Å². The molecule has 0 N–H and O–H groups in total. The number of carbonyl (C=O) groups excluding carboxylic acids is 1. The van der Waals surface area contributed by atoms with Gasteiger partial charge in [-0.15, -0.1) is 0 Å².